The molecule has 0 aromatic carbocycles. The van der Waals surface area contributed by atoms with E-state index in [2.05, 4.69) is 27.7 Å². The third-order valence-corrected chi connectivity index (χ3v) is 12.7. The van der Waals surface area contributed by atoms with Gasteiger partial charge in [0.05, 0.1) is 17.6 Å². The Balaban J connectivity index is 1.16. The van der Waals surface area contributed by atoms with Crippen molar-refractivity contribution < 1.29 is 29.2 Å². The molecule has 3 saturated carbocycles. The Morgan fingerprint density at radius 3 is 2.59 bits per heavy atom. The van der Waals surface area contributed by atoms with E-state index in [0.29, 0.717) is 23.7 Å². The second-order valence-electron chi connectivity index (χ2n) is 13.6. The third kappa shape index (κ3) is 2.30. The van der Waals surface area contributed by atoms with Gasteiger partial charge >= 0.3 is 0 Å². The van der Waals surface area contributed by atoms with E-state index in [1.54, 1.807) is 12.2 Å². The number of carbonyl (C=O) groups excluding carboxylic acids is 1. The summed E-state index contributed by atoms with van der Waals surface area (Å²) in [5.74, 6) is 2.28. The molecule has 0 radical (unpaired) electrons. The van der Waals surface area contributed by atoms with Crippen LogP contribution in [-0.4, -0.2) is 57.4 Å². The minimum Gasteiger partial charge on any atom is -0.386 e. The fourth-order valence-electron chi connectivity index (χ4n) is 10.4. The average molecular weight is 473 g/mol. The molecule has 3 heterocycles. The number of fused-ring (bicyclic) bond motifs is 5. The van der Waals surface area contributed by atoms with Crippen molar-refractivity contribution in [2.45, 2.75) is 115 Å². The number of ketones is 1. The van der Waals surface area contributed by atoms with Crippen molar-refractivity contribution in [2.24, 2.45) is 40.4 Å². The van der Waals surface area contributed by atoms with Crippen LogP contribution in [0.5, 0.6) is 0 Å². The van der Waals surface area contributed by atoms with Gasteiger partial charge in [-0.1, -0.05) is 13.8 Å². The highest BCUT2D eigenvalue weighted by molar-refractivity contribution is 5.98. The topological polar surface area (TPSA) is 91.8 Å². The van der Waals surface area contributed by atoms with Crippen LogP contribution in [0.25, 0.3) is 0 Å². The van der Waals surface area contributed by atoms with Crippen molar-refractivity contribution in [2.75, 3.05) is 0 Å². The molecule has 0 aromatic heterocycles. The van der Waals surface area contributed by atoms with Crippen LogP contribution in [0.4, 0.5) is 0 Å². The van der Waals surface area contributed by atoms with Gasteiger partial charge in [0.2, 0.25) is 0 Å². The molecule has 0 amide bonds. The average Bonchev–Trinajstić information content (AvgIpc) is 3.60. The van der Waals surface area contributed by atoms with Crippen LogP contribution in [0.3, 0.4) is 0 Å². The second kappa shape index (κ2) is 6.36. The molecular formula is C28H40O6. The second-order valence-corrected chi connectivity index (χ2v) is 13.6. The number of ether oxygens (including phenoxy) is 3. The molecule has 0 unspecified atom stereocenters. The SMILES string of the molecule is C[C@@H]([C@H]1CC[C@H]2[C@@H]3C[C@H]4O[C@]45[C@@H](O)C=CC(=O)[C@]5(C)[C@H]3CC[C@]12C)[C@H]1C[C@]2(C)O[C@]2(C)[C@H](O)O1. The molecule has 4 aliphatic carbocycles. The summed E-state index contributed by atoms with van der Waals surface area (Å²) in [6, 6.07) is 0. The molecule has 34 heavy (non-hydrogen) atoms. The van der Waals surface area contributed by atoms with E-state index in [0.717, 1.165) is 25.7 Å². The maximum Gasteiger partial charge on any atom is 0.186 e. The Bertz CT molecular complexity index is 980. The van der Waals surface area contributed by atoms with E-state index >= 15 is 0 Å². The van der Waals surface area contributed by atoms with Crippen molar-refractivity contribution in [3.8, 4) is 0 Å². The van der Waals surface area contributed by atoms with Gasteiger partial charge in [-0.05, 0) is 100 Å². The molecule has 6 fully saturated rings. The van der Waals surface area contributed by atoms with Gasteiger partial charge in [0.1, 0.15) is 22.9 Å². The monoisotopic (exact) mass is 472 g/mol. The van der Waals surface area contributed by atoms with E-state index < -0.39 is 29.0 Å². The Labute approximate surface area is 202 Å². The van der Waals surface area contributed by atoms with Gasteiger partial charge in [-0.3, -0.25) is 4.79 Å². The summed E-state index contributed by atoms with van der Waals surface area (Å²) in [5, 5.41) is 21.5. The number of allylic oxidation sites excluding steroid dienone is 1. The minimum atomic E-state index is -0.866. The van der Waals surface area contributed by atoms with E-state index in [4.69, 9.17) is 14.2 Å². The lowest BCUT2D eigenvalue weighted by Gasteiger charge is -2.58. The van der Waals surface area contributed by atoms with Crippen LogP contribution in [-0.2, 0) is 19.0 Å². The number of hydrogen-bond acceptors (Lipinski definition) is 6. The molecule has 3 saturated heterocycles. The molecule has 6 nitrogen and oxygen atoms in total. The highest BCUT2D eigenvalue weighted by Gasteiger charge is 2.80. The van der Waals surface area contributed by atoms with Crippen LogP contribution < -0.4 is 0 Å². The summed E-state index contributed by atoms with van der Waals surface area (Å²) < 4.78 is 18.4. The number of epoxide rings is 2. The first-order valence-corrected chi connectivity index (χ1v) is 13.5. The van der Waals surface area contributed by atoms with Crippen LogP contribution >= 0.6 is 0 Å². The largest absolute Gasteiger partial charge is 0.386 e. The zero-order chi connectivity index (χ0) is 24.1. The summed E-state index contributed by atoms with van der Waals surface area (Å²) in [5.41, 5.74) is -1.99. The number of aliphatic hydroxyl groups is 2. The van der Waals surface area contributed by atoms with Crippen LogP contribution in [0.2, 0.25) is 0 Å². The van der Waals surface area contributed by atoms with Gasteiger partial charge in [-0.25, -0.2) is 0 Å². The van der Waals surface area contributed by atoms with Crippen LogP contribution in [0.1, 0.15) is 73.1 Å². The summed E-state index contributed by atoms with van der Waals surface area (Å²) in [7, 11) is 0. The standard InChI is InChI=1S/C28H40O6/c1-14(19-13-25(3)27(5,34-25)23(31)32-19)16-6-7-17-15-12-22-28(33-22)21(30)9-8-20(29)26(28,4)18(15)10-11-24(16,17)2/h8-9,14-19,21-23,30-31H,6-7,10-13H2,1-5H3/t14-,15-,16+,17-,18-,19+,21-,22+,23+,24+,25-,26-,27+,28+/m0/s1. The van der Waals surface area contributed by atoms with E-state index in [1.165, 1.54) is 12.8 Å². The van der Waals surface area contributed by atoms with E-state index in [9.17, 15) is 15.0 Å². The lowest BCUT2D eigenvalue weighted by molar-refractivity contribution is -0.204. The van der Waals surface area contributed by atoms with Gasteiger partial charge < -0.3 is 24.4 Å². The van der Waals surface area contributed by atoms with Crippen molar-refractivity contribution in [3.63, 3.8) is 0 Å². The molecule has 7 aliphatic rings. The van der Waals surface area contributed by atoms with Crippen molar-refractivity contribution >= 4 is 5.78 Å². The first kappa shape index (κ1) is 22.4. The predicted octanol–water partition coefficient (Wildman–Crippen LogP) is 3.38. The third-order valence-electron chi connectivity index (χ3n) is 12.7. The summed E-state index contributed by atoms with van der Waals surface area (Å²) >= 11 is 0. The lowest BCUT2D eigenvalue weighted by Crippen LogP contribution is -2.63. The molecular weight excluding hydrogens is 432 g/mol. The maximum absolute atomic E-state index is 13.3. The van der Waals surface area contributed by atoms with Crippen molar-refractivity contribution in [1.29, 1.82) is 0 Å². The molecule has 2 N–H and O–H groups in total. The maximum atomic E-state index is 13.3. The zero-order valence-corrected chi connectivity index (χ0v) is 21.1. The molecule has 1 spiro atoms. The fourth-order valence-corrected chi connectivity index (χ4v) is 10.4. The van der Waals surface area contributed by atoms with Crippen LogP contribution in [0.15, 0.2) is 12.2 Å². The summed E-state index contributed by atoms with van der Waals surface area (Å²) in [4.78, 5) is 13.3. The molecule has 6 heteroatoms. The van der Waals surface area contributed by atoms with Crippen molar-refractivity contribution in [1.82, 2.24) is 0 Å². The molecule has 0 aromatic rings. The molecule has 3 aliphatic heterocycles. The first-order valence-electron chi connectivity index (χ1n) is 13.5. The lowest BCUT2D eigenvalue weighted by atomic mass is 9.44. The first-order chi connectivity index (χ1) is 15.9. The van der Waals surface area contributed by atoms with E-state index in [-0.39, 0.29) is 34.9 Å². The van der Waals surface area contributed by atoms with Gasteiger partial charge in [0.15, 0.2) is 12.1 Å². The minimum absolute atomic E-state index is 0.00244. The van der Waals surface area contributed by atoms with Gasteiger partial charge in [0.25, 0.3) is 0 Å². The van der Waals surface area contributed by atoms with Crippen LogP contribution in [0, 0.1) is 40.4 Å². The molecule has 14 atom stereocenters. The predicted molar refractivity (Wildman–Crippen MR) is 124 cm³/mol. The molecule has 7 rings (SSSR count). The van der Waals surface area contributed by atoms with Gasteiger partial charge in [-0.2, -0.15) is 0 Å². The molecule has 0 bridgehead atoms. The van der Waals surface area contributed by atoms with Gasteiger partial charge in [-0.15, -0.1) is 0 Å². The summed E-state index contributed by atoms with van der Waals surface area (Å²) in [6.07, 6.45) is 7.95. The normalized spacial score (nSPS) is 64.3. The number of hydrogen-bond donors (Lipinski definition) is 2. The molecule has 188 valence electrons. The van der Waals surface area contributed by atoms with E-state index in [1.807, 2.05) is 6.92 Å². The Morgan fingerprint density at radius 1 is 1.09 bits per heavy atom. The highest BCUT2D eigenvalue weighted by Crippen LogP contribution is 2.73. The number of aliphatic hydroxyl groups excluding tert-OH is 2. The zero-order valence-electron chi connectivity index (χ0n) is 21.1. The number of carbonyl (C=O) groups is 1. The summed E-state index contributed by atoms with van der Waals surface area (Å²) in [6.45, 7) is 10.9. The Morgan fingerprint density at radius 2 is 1.85 bits per heavy atom. The highest BCUT2D eigenvalue weighted by atomic mass is 16.7. The quantitative estimate of drug-likeness (QED) is 0.599. The van der Waals surface area contributed by atoms with Gasteiger partial charge in [0, 0.05) is 6.42 Å². The Kier molecular flexibility index (Phi) is 4.20. The van der Waals surface area contributed by atoms with Crippen molar-refractivity contribution in [3.05, 3.63) is 12.2 Å². The Hall–Kier alpha value is -0.790. The smallest absolute Gasteiger partial charge is 0.186 e. The number of rotatable bonds is 2. The fraction of sp³-hybridized carbons (Fsp3) is 0.893.